The summed E-state index contributed by atoms with van der Waals surface area (Å²) >= 11 is 0. The molecule has 62 valence electrons. The van der Waals surface area contributed by atoms with Crippen molar-refractivity contribution >= 4 is 10.9 Å². The van der Waals surface area contributed by atoms with E-state index in [1.807, 2.05) is 6.07 Å². The third kappa shape index (κ3) is 1.07. The van der Waals surface area contributed by atoms with E-state index in [-0.39, 0.29) is 0 Å². The summed E-state index contributed by atoms with van der Waals surface area (Å²) in [4.78, 5) is 10.3. The molecule has 2 aromatic rings. The SMILES string of the molecule is N#Cc1ccc2c(ccn2N=O)c1. The maximum Gasteiger partial charge on any atom is 0.0991 e. The van der Waals surface area contributed by atoms with Gasteiger partial charge in [0, 0.05) is 11.6 Å². The van der Waals surface area contributed by atoms with Gasteiger partial charge in [0.15, 0.2) is 0 Å². The molecule has 0 aliphatic carbocycles. The molecule has 0 saturated heterocycles. The Morgan fingerprint density at radius 2 is 2.23 bits per heavy atom. The fourth-order valence-corrected chi connectivity index (χ4v) is 1.27. The van der Waals surface area contributed by atoms with Gasteiger partial charge in [-0.05, 0) is 24.3 Å². The Balaban J connectivity index is 2.76. The maximum absolute atomic E-state index is 10.3. The van der Waals surface area contributed by atoms with Crippen molar-refractivity contribution in [1.29, 1.82) is 5.26 Å². The lowest BCUT2D eigenvalue weighted by Crippen LogP contribution is -1.82. The van der Waals surface area contributed by atoms with E-state index in [1.54, 1.807) is 30.5 Å². The van der Waals surface area contributed by atoms with Gasteiger partial charge in [-0.3, -0.25) is 0 Å². The minimum Gasteiger partial charge on any atom is -0.204 e. The molecule has 0 radical (unpaired) electrons. The van der Waals surface area contributed by atoms with E-state index in [1.165, 1.54) is 4.68 Å². The van der Waals surface area contributed by atoms with Crippen molar-refractivity contribution in [1.82, 2.24) is 4.68 Å². The standard InChI is InChI=1S/C9H5N3O/c10-6-7-1-2-9-8(5-7)3-4-12(9)11-13/h1-5H. The van der Waals surface area contributed by atoms with E-state index in [0.717, 1.165) is 5.39 Å². The molecule has 4 nitrogen and oxygen atoms in total. The van der Waals surface area contributed by atoms with Crippen LogP contribution in [0.4, 0.5) is 0 Å². The van der Waals surface area contributed by atoms with Crippen LogP contribution in [0.3, 0.4) is 0 Å². The van der Waals surface area contributed by atoms with Crippen molar-refractivity contribution < 1.29 is 0 Å². The van der Waals surface area contributed by atoms with Gasteiger partial charge < -0.3 is 0 Å². The molecule has 0 atom stereocenters. The molecule has 0 amide bonds. The molecular formula is C9H5N3O. The maximum atomic E-state index is 10.3. The number of rotatable bonds is 1. The first-order valence-electron chi connectivity index (χ1n) is 3.70. The summed E-state index contributed by atoms with van der Waals surface area (Å²) in [6, 6.07) is 8.86. The molecule has 0 unspecified atom stereocenters. The Hall–Kier alpha value is -2.15. The van der Waals surface area contributed by atoms with Crippen molar-refractivity contribution in [2.45, 2.75) is 0 Å². The van der Waals surface area contributed by atoms with Crippen molar-refractivity contribution in [3.63, 3.8) is 0 Å². The molecule has 2 rings (SSSR count). The second-order valence-electron chi connectivity index (χ2n) is 2.63. The van der Waals surface area contributed by atoms with E-state index in [2.05, 4.69) is 5.29 Å². The van der Waals surface area contributed by atoms with Gasteiger partial charge in [-0.15, -0.1) is 4.91 Å². The third-order valence-electron chi connectivity index (χ3n) is 1.89. The summed E-state index contributed by atoms with van der Waals surface area (Å²) in [5.74, 6) is 0. The molecule has 4 heteroatoms. The third-order valence-corrected chi connectivity index (χ3v) is 1.89. The predicted octanol–water partition coefficient (Wildman–Crippen LogP) is 2.04. The molecule has 13 heavy (non-hydrogen) atoms. The first kappa shape index (κ1) is 7.50. The number of hydrogen-bond acceptors (Lipinski definition) is 3. The Morgan fingerprint density at radius 3 is 2.92 bits per heavy atom. The summed E-state index contributed by atoms with van der Waals surface area (Å²) < 4.78 is 1.23. The van der Waals surface area contributed by atoms with Gasteiger partial charge in [0.25, 0.3) is 0 Å². The minimum absolute atomic E-state index is 0.580. The van der Waals surface area contributed by atoms with E-state index in [0.29, 0.717) is 11.1 Å². The average Bonchev–Trinajstić information content (AvgIpc) is 2.59. The van der Waals surface area contributed by atoms with Crippen LogP contribution < -0.4 is 0 Å². The fourth-order valence-electron chi connectivity index (χ4n) is 1.27. The van der Waals surface area contributed by atoms with Gasteiger partial charge in [0.05, 0.1) is 22.4 Å². The zero-order chi connectivity index (χ0) is 9.26. The highest BCUT2D eigenvalue weighted by Gasteiger charge is 2.00. The summed E-state index contributed by atoms with van der Waals surface area (Å²) in [6.07, 6.45) is 1.57. The Kier molecular flexibility index (Phi) is 1.57. The molecular weight excluding hydrogens is 166 g/mol. The highest BCUT2D eigenvalue weighted by molar-refractivity contribution is 5.81. The summed E-state index contributed by atoms with van der Waals surface area (Å²) in [5, 5.41) is 12.3. The Morgan fingerprint density at radius 1 is 1.38 bits per heavy atom. The summed E-state index contributed by atoms with van der Waals surface area (Å²) in [7, 11) is 0. The topological polar surface area (TPSA) is 58.1 Å². The van der Waals surface area contributed by atoms with Crippen molar-refractivity contribution in [2.24, 2.45) is 5.29 Å². The lowest BCUT2D eigenvalue weighted by molar-refractivity contribution is 0.913. The van der Waals surface area contributed by atoms with E-state index < -0.39 is 0 Å². The summed E-state index contributed by atoms with van der Waals surface area (Å²) in [5.41, 5.74) is 1.30. The van der Waals surface area contributed by atoms with Crippen molar-refractivity contribution in [3.8, 4) is 6.07 Å². The van der Waals surface area contributed by atoms with Crippen molar-refractivity contribution in [2.75, 3.05) is 0 Å². The molecule has 0 aliphatic rings. The lowest BCUT2D eigenvalue weighted by Gasteiger charge is -1.92. The molecule has 1 aromatic heterocycles. The van der Waals surface area contributed by atoms with Crippen LogP contribution in [0.15, 0.2) is 35.7 Å². The van der Waals surface area contributed by atoms with Gasteiger partial charge in [-0.2, -0.15) is 5.26 Å². The van der Waals surface area contributed by atoms with E-state index in [4.69, 9.17) is 5.26 Å². The van der Waals surface area contributed by atoms with Crippen LogP contribution in [0.1, 0.15) is 5.56 Å². The van der Waals surface area contributed by atoms with Crippen LogP contribution in [-0.2, 0) is 0 Å². The largest absolute Gasteiger partial charge is 0.204 e. The molecule has 0 aliphatic heterocycles. The second-order valence-corrected chi connectivity index (χ2v) is 2.63. The van der Waals surface area contributed by atoms with Crippen LogP contribution in [0.5, 0.6) is 0 Å². The quantitative estimate of drug-likeness (QED) is 0.616. The highest BCUT2D eigenvalue weighted by Crippen LogP contribution is 2.16. The molecule has 0 bridgehead atoms. The van der Waals surface area contributed by atoms with Gasteiger partial charge in [-0.1, -0.05) is 0 Å². The monoisotopic (exact) mass is 171 g/mol. The number of fused-ring (bicyclic) bond motifs is 1. The van der Waals surface area contributed by atoms with Gasteiger partial charge in [0.2, 0.25) is 0 Å². The van der Waals surface area contributed by atoms with Gasteiger partial charge in [0.1, 0.15) is 0 Å². The summed E-state index contributed by atoms with van der Waals surface area (Å²) in [6.45, 7) is 0. The highest BCUT2D eigenvalue weighted by atomic mass is 16.3. The van der Waals surface area contributed by atoms with Crippen LogP contribution >= 0.6 is 0 Å². The molecule has 1 aromatic carbocycles. The molecule has 0 fully saturated rings. The smallest absolute Gasteiger partial charge is 0.0991 e. The Bertz CT molecular complexity index is 507. The zero-order valence-electron chi connectivity index (χ0n) is 6.64. The number of nitroso groups, excluding NO2 is 1. The molecule has 0 spiro atoms. The number of aromatic nitrogens is 1. The molecule has 0 saturated carbocycles. The second kappa shape index (κ2) is 2.72. The van der Waals surface area contributed by atoms with Gasteiger partial charge >= 0.3 is 0 Å². The zero-order valence-corrected chi connectivity index (χ0v) is 6.64. The van der Waals surface area contributed by atoms with Crippen molar-refractivity contribution in [3.05, 3.63) is 40.9 Å². The minimum atomic E-state index is 0.580. The molecule has 0 N–H and O–H groups in total. The number of hydrogen-bond donors (Lipinski definition) is 0. The number of nitriles is 1. The predicted molar refractivity (Wildman–Crippen MR) is 47.8 cm³/mol. The number of nitrogens with zero attached hydrogens (tertiary/aromatic N) is 3. The normalized spacial score (nSPS) is 9.77. The van der Waals surface area contributed by atoms with Crippen LogP contribution in [0.25, 0.3) is 10.9 Å². The van der Waals surface area contributed by atoms with E-state index in [9.17, 15) is 4.91 Å². The molecule has 1 heterocycles. The van der Waals surface area contributed by atoms with Crippen LogP contribution in [-0.4, -0.2) is 4.68 Å². The van der Waals surface area contributed by atoms with Crippen LogP contribution in [0.2, 0.25) is 0 Å². The van der Waals surface area contributed by atoms with Crippen LogP contribution in [0, 0.1) is 16.2 Å². The Labute approximate surface area is 74.0 Å². The average molecular weight is 171 g/mol. The number of benzene rings is 1. The van der Waals surface area contributed by atoms with E-state index >= 15 is 0 Å². The lowest BCUT2D eigenvalue weighted by atomic mass is 10.2. The first-order valence-corrected chi connectivity index (χ1v) is 3.70. The first-order chi connectivity index (χ1) is 6.35. The fraction of sp³-hybridized carbons (Fsp3) is 0. The van der Waals surface area contributed by atoms with Gasteiger partial charge in [-0.25, -0.2) is 4.68 Å².